The molecule has 1 saturated carbocycles. The molecule has 2 fully saturated rings. The molecular weight excluding hydrogens is 329 g/mol. The smallest absolute Gasteiger partial charge is 0.315 e. The Bertz CT molecular complexity index is 726. The van der Waals surface area contributed by atoms with E-state index >= 15 is 0 Å². The first-order valence-corrected chi connectivity index (χ1v) is 9.92. The van der Waals surface area contributed by atoms with Crippen LogP contribution in [0.3, 0.4) is 0 Å². The van der Waals surface area contributed by atoms with Crippen molar-refractivity contribution in [1.29, 1.82) is 0 Å². The lowest BCUT2D eigenvalue weighted by Crippen LogP contribution is -2.84. The second-order valence-corrected chi connectivity index (χ2v) is 8.68. The van der Waals surface area contributed by atoms with E-state index in [-0.39, 0.29) is 29.2 Å². The normalized spacial score (nSPS) is 33.7. The minimum atomic E-state index is -0.211. The maximum atomic E-state index is 13.0. The molecule has 0 amide bonds. The lowest BCUT2D eigenvalue weighted by Gasteiger charge is -2.45. The predicted octanol–water partition coefficient (Wildman–Crippen LogP) is 3.35. The van der Waals surface area contributed by atoms with Gasteiger partial charge in [-0.1, -0.05) is 30.2 Å². The maximum Gasteiger partial charge on any atom is 0.315 e. The molecule has 1 aliphatic heterocycles. The largest absolute Gasteiger partial charge is 0.462 e. The van der Waals surface area contributed by atoms with Gasteiger partial charge in [0, 0.05) is 11.5 Å². The Labute approximate surface area is 155 Å². The van der Waals surface area contributed by atoms with Crippen LogP contribution in [0.2, 0.25) is 0 Å². The SMILES string of the molecule is CC1=C2C[C@@H]3[C@H](C[NH2+]Cc4ccc(F)cc4)C(=O)O[C@@H]3C[C@@]2(C)CCC1. The minimum absolute atomic E-state index is 0.0177. The van der Waals surface area contributed by atoms with E-state index in [2.05, 4.69) is 19.2 Å². The van der Waals surface area contributed by atoms with Crippen LogP contribution in [0.15, 0.2) is 35.4 Å². The predicted molar refractivity (Wildman–Crippen MR) is 97.6 cm³/mol. The summed E-state index contributed by atoms with van der Waals surface area (Å²) in [4.78, 5) is 12.5. The summed E-state index contributed by atoms with van der Waals surface area (Å²) in [6.45, 7) is 6.16. The van der Waals surface area contributed by atoms with Crippen molar-refractivity contribution in [1.82, 2.24) is 0 Å². The highest BCUT2D eigenvalue weighted by molar-refractivity contribution is 5.75. The molecule has 0 aromatic heterocycles. The first kappa shape index (κ1) is 17.7. The first-order valence-electron chi connectivity index (χ1n) is 9.92. The second-order valence-electron chi connectivity index (χ2n) is 8.68. The number of rotatable bonds is 4. The Morgan fingerprint density at radius 1 is 1.31 bits per heavy atom. The quantitative estimate of drug-likeness (QED) is 0.663. The van der Waals surface area contributed by atoms with Crippen molar-refractivity contribution < 1.29 is 19.2 Å². The topological polar surface area (TPSA) is 42.9 Å². The highest BCUT2D eigenvalue weighted by Crippen LogP contribution is 2.54. The Morgan fingerprint density at radius 3 is 2.85 bits per heavy atom. The highest BCUT2D eigenvalue weighted by Gasteiger charge is 2.53. The van der Waals surface area contributed by atoms with Gasteiger partial charge < -0.3 is 10.1 Å². The third-order valence-corrected chi connectivity index (χ3v) is 6.89. The van der Waals surface area contributed by atoms with Gasteiger partial charge in [0.05, 0.1) is 6.54 Å². The number of fused-ring (bicyclic) bond motifs is 2. The van der Waals surface area contributed by atoms with Gasteiger partial charge in [-0.3, -0.25) is 4.79 Å². The summed E-state index contributed by atoms with van der Waals surface area (Å²) in [6.07, 6.45) is 5.79. The van der Waals surface area contributed by atoms with Crippen LogP contribution in [-0.2, 0) is 16.1 Å². The minimum Gasteiger partial charge on any atom is -0.462 e. The number of hydrogen-bond donors (Lipinski definition) is 1. The van der Waals surface area contributed by atoms with Crippen LogP contribution in [0.4, 0.5) is 4.39 Å². The number of carbonyl (C=O) groups excluding carboxylic acids is 1. The fraction of sp³-hybridized carbons (Fsp3) is 0.591. The molecule has 2 N–H and O–H groups in total. The highest BCUT2D eigenvalue weighted by atomic mass is 19.1. The van der Waals surface area contributed by atoms with E-state index in [1.807, 2.05) is 12.1 Å². The number of halogens is 1. The Morgan fingerprint density at radius 2 is 2.08 bits per heavy atom. The van der Waals surface area contributed by atoms with Gasteiger partial charge in [0.15, 0.2) is 0 Å². The van der Waals surface area contributed by atoms with E-state index in [9.17, 15) is 9.18 Å². The molecule has 4 atom stereocenters. The average Bonchev–Trinajstić information content (AvgIpc) is 2.89. The van der Waals surface area contributed by atoms with Crippen molar-refractivity contribution in [3.05, 3.63) is 46.8 Å². The molecule has 2 aliphatic carbocycles. The van der Waals surface area contributed by atoms with Crippen molar-refractivity contribution in [3.8, 4) is 0 Å². The number of esters is 1. The van der Waals surface area contributed by atoms with Crippen LogP contribution >= 0.6 is 0 Å². The molecule has 0 bridgehead atoms. The van der Waals surface area contributed by atoms with Crippen LogP contribution in [0.25, 0.3) is 0 Å². The van der Waals surface area contributed by atoms with Gasteiger partial charge in [-0.25, -0.2) is 4.39 Å². The van der Waals surface area contributed by atoms with E-state index in [1.165, 1.54) is 31.4 Å². The summed E-state index contributed by atoms with van der Waals surface area (Å²) >= 11 is 0. The second kappa shape index (κ2) is 6.80. The molecule has 140 valence electrons. The summed E-state index contributed by atoms with van der Waals surface area (Å²) in [5.74, 6) is 0.0727. The summed E-state index contributed by atoms with van der Waals surface area (Å²) in [7, 11) is 0. The zero-order chi connectivity index (χ0) is 18.3. The molecule has 0 spiro atoms. The molecule has 1 saturated heterocycles. The van der Waals surface area contributed by atoms with Gasteiger partial charge in [0.1, 0.15) is 24.4 Å². The van der Waals surface area contributed by atoms with Gasteiger partial charge >= 0.3 is 5.97 Å². The Balaban J connectivity index is 1.43. The molecule has 1 heterocycles. The Kier molecular flexibility index (Phi) is 4.64. The van der Waals surface area contributed by atoms with Crippen molar-refractivity contribution in [2.45, 2.75) is 58.6 Å². The van der Waals surface area contributed by atoms with Gasteiger partial charge in [-0.2, -0.15) is 0 Å². The van der Waals surface area contributed by atoms with E-state index in [0.29, 0.717) is 5.92 Å². The van der Waals surface area contributed by atoms with E-state index in [1.54, 1.807) is 11.1 Å². The number of ether oxygens (including phenoxy) is 1. The molecule has 0 unspecified atom stereocenters. The van der Waals surface area contributed by atoms with Crippen LogP contribution < -0.4 is 5.32 Å². The van der Waals surface area contributed by atoms with Crippen LogP contribution in [0.5, 0.6) is 0 Å². The fourth-order valence-electron chi connectivity index (χ4n) is 5.43. The van der Waals surface area contributed by atoms with Crippen molar-refractivity contribution in [2.75, 3.05) is 6.54 Å². The monoisotopic (exact) mass is 358 g/mol. The average molecular weight is 358 g/mol. The molecule has 0 radical (unpaired) electrons. The number of carbonyl (C=O) groups is 1. The Hall–Kier alpha value is -1.68. The molecular formula is C22H29FNO2+. The lowest BCUT2D eigenvalue weighted by atomic mass is 9.59. The third-order valence-electron chi connectivity index (χ3n) is 6.89. The summed E-state index contributed by atoms with van der Waals surface area (Å²) in [5, 5.41) is 2.16. The van der Waals surface area contributed by atoms with Crippen LogP contribution in [0, 0.1) is 23.1 Å². The fourth-order valence-corrected chi connectivity index (χ4v) is 5.43. The zero-order valence-electron chi connectivity index (χ0n) is 15.8. The first-order chi connectivity index (χ1) is 12.5. The molecule has 4 heteroatoms. The number of nitrogens with two attached hydrogens (primary N) is 1. The number of hydrogen-bond acceptors (Lipinski definition) is 2. The summed E-state index contributed by atoms with van der Waals surface area (Å²) in [6, 6.07) is 6.60. The van der Waals surface area contributed by atoms with E-state index in [4.69, 9.17) is 4.74 Å². The molecule has 4 rings (SSSR count). The zero-order valence-corrected chi connectivity index (χ0v) is 15.8. The van der Waals surface area contributed by atoms with Gasteiger partial charge in [-0.15, -0.1) is 0 Å². The number of quaternary nitrogens is 1. The van der Waals surface area contributed by atoms with Crippen molar-refractivity contribution >= 4 is 5.97 Å². The number of allylic oxidation sites excluding steroid dienone is 2. The van der Waals surface area contributed by atoms with Crippen LogP contribution in [0.1, 0.15) is 51.5 Å². The summed E-state index contributed by atoms with van der Waals surface area (Å²) in [5.41, 5.74) is 4.46. The van der Waals surface area contributed by atoms with E-state index in [0.717, 1.165) is 31.5 Å². The molecule has 1 aromatic carbocycles. The molecule has 26 heavy (non-hydrogen) atoms. The summed E-state index contributed by atoms with van der Waals surface area (Å²) < 4.78 is 18.8. The van der Waals surface area contributed by atoms with Gasteiger partial charge in [0.2, 0.25) is 0 Å². The number of benzene rings is 1. The van der Waals surface area contributed by atoms with Crippen LogP contribution in [-0.4, -0.2) is 18.6 Å². The standard InChI is InChI=1S/C22H28FNO2/c1-14-4-3-9-22(2)11-20-17(10-19(14)22)18(21(25)26-20)13-24-12-15-5-7-16(23)8-6-15/h5-8,17-18,20,24H,3-4,9-13H2,1-2H3/p+1/t17-,18+,20-,22-/m1/s1. The third kappa shape index (κ3) is 3.20. The molecule has 3 nitrogen and oxygen atoms in total. The van der Waals surface area contributed by atoms with Gasteiger partial charge in [0.25, 0.3) is 0 Å². The molecule has 1 aromatic rings. The van der Waals surface area contributed by atoms with E-state index < -0.39 is 0 Å². The lowest BCUT2D eigenvalue weighted by molar-refractivity contribution is -0.675. The molecule has 3 aliphatic rings. The maximum absolute atomic E-state index is 13.0. The van der Waals surface area contributed by atoms with Crippen molar-refractivity contribution in [2.24, 2.45) is 17.3 Å². The van der Waals surface area contributed by atoms with Gasteiger partial charge in [-0.05, 0) is 56.6 Å². The van der Waals surface area contributed by atoms with Crippen molar-refractivity contribution in [3.63, 3.8) is 0 Å².